The molecular formula is C21H22N3O2+. The van der Waals surface area contributed by atoms with Crippen molar-refractivity contribution in [1.29, 1.82) is 0 Å². The molecule has 4 rings (SSSR count). The fraction of sp³-hybridized carbons (Fsp3) is 0.238. The van der Waals surface area contributed by atoms with Crippen LogP contribution in [-0.2, 0) is 6.54 Å². The van der Waals surface area contributed by atoms with Gasteiger partial charge >= 0.3 is 5.88 Å². The van der Waals surface area contributed by atoms with Crippen LogP contribution in [0.25, 0.3) is 0 Å². The van der Waals surface area contributed by atoms with Crippen LogP contribution in [0.1, 0.15) is 36.5 Å². The second-order valence-electron chi connectivity index (χ2n) is 7.06. The number of ether oxygens (including phenoxy) is 1. The van der Waals surface area contributed by atoms with Crippen molar-refractivity contribution >= 4 is 5.82 Å². The quantitative estimate of drug-likeness (QED) is 0.555. The molecule has 0 amide bonds. The van der Waals surface area contributed by atoms with Crippen molar-refractivity contribution < 1.29 is 14.4 Å². The third-order valence-corrected chi connectivity index (χ3v) is 4.63. The molecule has 0 fully saturated rings. The lowest BCUT2D eigenvalue weighted by atomic mass is 9.83. The number of nitrogen functional groups attached to an aromatic ring is 1. The number of hydrogen-bond acceptors (Lipinski definition) is 4. The van der Waals surface area contributed by atoms with Crippen LogP contribution < -0.4 is 15.0 Å². The molecule has 5 nitrogen and oxygen atoms in total. The Labute approximate surface area is 152 Å². The Balaban J connectivity index is 1.95. The van der Waals surface area contributed by atoms with E-state index in [-0.39, 0.29) is 11.7 Å². The van der Waals surface area contributed by atoms with Gasteiger partial charge in [-0.15, -0.1) is 0 Å². The Bertz CT molecular complexity index is 955. The summed E-state index contributed by atoms with van der Waals surface area (Å²) in [7, 11) is 0. The number of phenols is 1. The van der Waals surface area contributed by atoms with Gasteiger partial charge in [0.15, 0.2) is 0 Å². The third-order valence-electron chi connectivity index (χ3n) is 4.63. The lowest BCUT2D eigenvalue weighted by Crippen LogP contribution is -2.41. The highest BCUT2D eigenvalue weighted by molar-refractivity contribution is 5.62. The summed E-state index contributed by atoms with van der Waals surface area (Å²) in [6, 6.07) is 15.4. The van der Waals surface area contributed by atoms with Crippen LogP contribution in [0.4, 0.5) is 5.82 Å². The summed E-state index contributed by atoms with van der Waals surface area (Å²) in [5, 5.41) is 9.86. The first-order chi connectivity index (χ1) is 12.5. The van der Waals surface area contributed by atoms with Crippen molar-refractivity contribution in [1.82, 2.24) is 4.98 Å². The lowest BCUT2D eigenvalue weighted by Gasteiger charge is -2.27. The van der Waals surface area contributed by atoms with Gasteiger partial charge in [0.05, 0.1) is 12.5 Å². The summed E-state index contributed by atoms with van der Waals surface area (Å²) >= 11 is 0. The van der Waals surface area contributed by atoms with Crippen molar-refractivity contribution in [3.05, 3.63) is 71.5 Å². The molecule has 1 atom stereocenters. The smallest absolute Gasteiger partial charge is 0.306 e. The maximum Gasteiger partial charge on any atom is 0.306 e. The molecule has 1 aliphatic rings. The third kappa shape index (κ3) is 2.75. The number of phenolic OH excluding ortho intramolecular Hbond substituents is 1. The number of aromatic hydroxyl groups is 1. The number of rotatable bonds is 3. The summed E-state index contributed by atoms with van der Waals surface area (Å²) in [5.41, 5.74) is 9.51. The normalized spacial score (nSPS) is 15.3. The van der Waals surface area contributed by atoms with Crippen LogP contribution in [0.15, 0.2) is 54.9 Å². The summed E-state index contributed by atoms with van der Waals surface area (Å²) in [4.78, 5) is 4.52. The number of fused-ring (bicyclic) bond motifs is 2. The van der Waals surface area contributed by atoms with Gasteiger partial charge in [-0.25, -0.2) is 4.57 Å². The average molecular weight is 348 g/mol. The van der Waals surface area contributed by atoms with Crippen LogP contribution >= 0.6 is 0 Å². The summed E-state index contributed by atoms with van der Waals surface area (Å²) in [5.74, 6) is 2.29. The van der Waals surface area contributed by atoms with Crippen molar-refractivity contribution in [3.63, 3.8) is 0 Å². The first kappa shape index (κ1) is 16.4. The average Bonchev–Trinajstić information content (AvgIpc) is 2.62. The van der Waals surface area contributed by atoms with Gasteiger partial charge in [-0.3, -0.25) is 0 Å². The van der Waals surface area contributed by atoms with E-state index in [2.05, 4.69) is 31.0 Å². The standard InChI is InChI=1S/C21H21N3O2/c1-13(2)11-24-12-23-21-19(20(24)22)18(14-6-4-3-5-7-14)16-9-8-15(25)10-17(16)26-21/h3-10,12-13,18,22,25H,11H2,1-2H3/p+1/t18-/m1/s1. The van der Waals surface area contributed by atoms with Crippen molar-refractivity contribution in [3.8, 4) is 17.4 Å². The minimum Gasteiger partial charge on any atom is -0.508 e. The molecule has 1 aliphatic heterocycles. The highest BCUT2D eigenvalue weighted by Crippen LogP contribution is 2.48. The fourth-order valence-electron chi connectivity index (χ4n) is 3.51. The molecule has 26 heavy (non-hydrogen) atoms. The van der Waals surface area contributed by atoms with Gasteiger partial charge in [-0.2, -0.15) is 0 Å². The number of nitrogens with zero attached hydrogens (tertiary/aromatic N) is 2. The van der Waals surface area contributed by atoms with Gasteiger partial charge < -0.3 is 15.6 Å². The van der Waals surface area contributed by atoms with Gasteiger partial charge in [0.2, 0.25) is 12.1 Å². The molecule has 0 aliphatic carbocycles. The van der Waals surface area contributed by atoms with E-state index >= 15 is 0 Å². The molecule has 5 heteroatoms. The van der Waals surface area contributed by atoms with E-state index in [4.69, 9.17) is 10.5 Å². The van der Waals surface area contributed by atoms with Crippen LogP contribution in [0, 0.1) is 5.92 Å². The Morgan fingerprint density at radius 1 is 1.19 bits per heavy atom. The zero-order valence-corrected chi connectivity index (χ0v) is 14.9. The largest absolute Gasteiger partial charge is 0.508 e. The second-order valence-corrected chi connectivity index (χ2v) is 7.06. The van der Waals surface area contributed by atoms with E-state index in [0.29, 0.717) is 23.4 Å². The lowest BCUT2D eigenvalue weighted by molar-refractivity contribution is -0.691. The zero-order chi connectivity index (χ0) is 18.3. The van der Waals surface area contributed by atoms with E-state index in [0.717, 1.165) is 23.2 Å². The molecule has 2 aromatic carbocycles. The Kier molecular flexibility index (Phi) is 3.99. The predicted octanol–water partition coefficient (Wildman–Crippen LogP) is 3.60. The summed E-state index contributed by atoms with van der Waals surface area (Å²) < 4.78 is 7.97. The van der Waals surface area contributed by atoms with Crippen LogP contribution in [0.5, 0.6) is 17.4 Å². The topological polar surface area (TPSA) is 72.2 Å². The van der Waals surface area contributed by atoms with E-state index in [1.807, 2.05) is 28.8 Å². The molecule has 3 aromatic rings. The molecular weight excluding hydrogens is 326 g/mol. The highest BCUT2D eigenvalue weighted by atomic mass is 16.5. The Hall–Kier alpha value is -3.08. The van der Waals surface area contributed by atoms with E-state index in [1.54, 1.807) is 18.5 Å². The van der Waals surface area contributed by atoms with Gasteiger partial charge in [0.25, 0.3) is 0 Å². The molecule has 0 saturated heterocycles. The maximum absolute atomic E-state index is 9.86. The van der Waals surface area contributed by atoms with Crippen LogP contribution in [0.3, 0.4) is 0 Å². The highest BCUT2D eigenvalue weighted by Gasteiger charge is 2.36. The fourth-order valence-corrected chi connectivity index (χ4v) is 3.51. The van der Waals surface area contributed by atoms with Gasteiger partial charge in [0.1, 0.15) is 17.1 Å². The van der Waals surface area contributed by atoms with E-state index in [9.17, 15) is 5.11 Å². The maximum atomic E-state index is 9.86. The Morgan fingerprint density at radius 3 is 2.69 bits per heavy atom. The molecule has 0 radical (unpaired) electrons. The minimum absolute atomic E-state index is 0.0948. The molecule has 2 heterocycles. The molecule has 0 bridgehead atoms. The molecule has 0 spiro atoms. The second kappa shape index (κ2) is 6.33. The summed E-state index contributed by atoms with van der Waals surface area (Å²) in [6.07, 6.45) is 1.73. The predicted molar refractivity (Wildman–Crippen MR) is 99.3 cm³/mol. The van der Waals surface area contributed by atoms with Gasteiger partial charge in [-0.1, -0.05) is 55.2 Å². The molecule has 0 saturated carbocycles. The molecule has 132 valence electrons. The SMILES string of the molecule is CC(C)C[n+]1cnc2c(c1N)[C@H](c1ccccc1)c1ccc(O)cc1O2. The minimum atomic E-state index is -0.0948. The first-order valence-electron chi connectivity index (χ1n) is 8.78. The van der Waals surface area contributed by atoms with Crippen molar-refractivity contribution in [2.24, 2.45) is 5.92 Å². The molecule has 3 N–H and O–H groups in total. The van der Waals surface area contributed by atoms with Crippen LogP contribution in [0.2, 0.25) is 0 Å². The summed E-state index contributed by atoms with van der Waals surface area (Å²) in [6.45, 7) is 5.08. The van der Waals surface area contributed by atoms with Crippen molar-refractivity contribution in [2.45, 2.75) is 26.3 Å². The first-order valence-corrected chi connectivity index (χ1v) is 8.78. The van der Waals surface area contributed by atoms with E-state index < -0.39 is 0 Å². The number of aromatic nitrogens is 2. The number of hydrogen-bond donors (Lipinski definition) is 2. The number of nitrogens with two attached hydrogens (primary N) is 1. The van der Waals surface area contributed by atoms with E-state index in [1.165, 1.54) is 0 Å². The zero-order valence-electron chi connectivity index (χ0n) is 14.9. The van der Waals surface area contributed by atoms with Crippen LogP contribution in [-0.4, -0.2) is 10.1 Å². The molecule has 1 aromatic heterocycles. The van der Waals surface area contributed by atoms with Gasteiger partial charge in [-0.05, 0) is 17.5 Å². The Morgan fingerprint density at radius 2 is 1.96 bits per heavy atom. The monoisotopic (exact) mass is 348 g/mol. The number of benzene rings is 2. The number of anilines is 1. The van der Waals surface area contributed by atoms with Gasteiger partial charge in [0, 0.05) is 11.6 Å². The van der Waals surface area contributed by atoms with Crippen molar-refractivity contribution in [2.75, 3.05) is 5.73 Å². The molecule has 0 unspecified atom stereocenters.